The largest absolute Gasteiger partial charge is 0.396 e. The van der Waals surface area contributed by atoms with Crippen LogP contribution in [0.4, 0.5) is 0 Å². The van der Waals surface area contributed by atoms with Crippen molar-refractivity contribution in [1.29, 1.82) is 0 Å². The van der Waals surface area contributed by atoms with Gasteiger partial charge in [-0.1, -0.05) is 12.8 Å². The summed E-state index contributed by atoms with van der Waals surface area (Å²) >= 11 is 4.21. The van der Waals surface area contributed by atoms with Crippen LogP contribution in [0.1, 0.15) is 38.5 Å². The molecule has 0 aromatic heterocycles. The molecule has 15 heavy (non-hydrogen) atoms. The smallest absolute Gasteiger partial charge is 0.0460 e. The maximum atomic E-state index is 9.02. The van der Waals surface area contributed by atoms with Gasteiger partial charge in [-0.15, -0.1) is 0 Å². The Labute approximate surface area is 99.5 Å². The first kappa shape index (κ1) is 13.3. The summed E-state index contributed by atoms with van der Waals surface area (Å²) in [5, 5.41) is 9.02. The number of aliphatic hydroxyl groups is 1. The van der Waals surface area contributed by atoms with E-state index in [2.05, 4.69) is 17.5 Å². The Morgan fingerprint density at radius 3 is 2.33 bits per heavy atom. The van der Waals surface area contributed by atoms with Crippen LogP contribution in [0.25, 0.3) is 0 Å². The van der Waals surface area contributed by atoms with E-state index in [1.165, 1.54) is 58.2 Å². The summed E-state index contributed by atoms with van der Waals surface area (Å²) in [4.78, 5) is 2.55. The van der Waals surface area contributed by atoms with Crippen LogP contribution in [0.5, 0.6) is 0 Å². The van der Waals surface area contributed by atoms with E-state index in [-0.39, 0.29) is 0 Å². The molecule has 1 aliphatic heterocycles. The maximum absolute atomic E-state index is 9.02. The molecule has 0 radical (unpaired) electrons. The summed E-state index contributed by atoms with van der Waals surface area (Å²) in [7, 11) is 0. The van der Waals surface area contributed by atoms with E-state index >= 15 is 0 Å². The number of hydrogen-bond donors (Lipinski definition) is 2. The molecular formula is C12H25NOS. The third-order valence-electron chi connectivity index (χ3n) is 3.35. The topological polar surface area (TPSA) is 23.5 Å². The highest BCUT2D eigenvalue weighted by Gasteiger charge is 2.17. The quantitative estimate of drug-likeness (QED) is 0.518. The van der Waals surface area contributed by atoms with Crippen molar-refractivity contribution in [3.8, 4) is 0 Å². The molecule has 1 N–H and O–H groups in total. The first-order chi connectivity index (χ1) is 7.36. The number of unbranched alkanes of at least 4 members (excludes halogenated alkanes) is 3. The van der Waals surface area contributed by atoms with E-state index in [9.17, 15) is 0 Å². The Bertz CT molecular complexity index is 147. The molecule has 3 heteroatoms. The van der Waals surface area contributed by atoms with Gasteiger partial charge in [-0.25, -0.2) is 0 Å². The van der Waals surface area contributed by atoms with Gasteiger partial charge in [-0.05, 0) is 57.0 Å². The number of rotatable bonds is 7. The van der Waals surface area contributed by atoms with Crippen molar-refractivity contribution < 1.29 is 5.11 Å². The van der Waals surface area contributed by atoms with Crippen LogP contribution < -0.4 is 0 Å². The molecule has 0 aromatic rings. The summed E-state index contributed by atoms with van der Waals surface area (Å²) in [5.74, 6) is 1.60. The number of aliphatic hydroxyl groups excluding tert-OH is 1. The standard InChI is InChI=1S/C12H25NOS/c14-11-12-5-8-13(9-6-12)7-3-1-2-4-10-15/h12,14-15H,1-11H2. The van der Waals surface area contributed by atoms with E-state index in [1.54, 1.807) is 0 Å². The summed E-state index contributed by atoms with van der Waals surface area (Å²) in [6, 6.07) is 0. The number of nitrogens with zero attached hydrogens (tertiary/aromatic N) is 1. The minimum Gasteiger partial charge on any atom is -0.396 e. The summed E-state index contributed by atoms with van der Waals surface area (Å²) < 4.78 is 0. The van der Waals surface area contributed by atoms with Gasteiger partial charge >= 0.3 is 0 Å². The summed E-state index contributed by atoms with van der Waals surface area (Å²) in [5.41, 5.74) is 0. The highest BCUT2D eigenvalue weighted by molar-refractivity contribution is 7.80. The van der Waals surface area contributed by atoms with Gasteiger partial charge in [-0.2, -0.15) is 12.6 Å². The highest BCUT2D eigenvalue weighted by atomic mass is 32.1. The first-order valence-electron chi connectivity index (χ1n) is 6.31. The van der Waals surface area contributed by atoms with Crippen molar-refractivity contribution in [3.05, 3.63) is 0 Å². The minimum atomic E-state index is 0.385. The molecule has 1 fully saturated rings. The van der Waals surface area contributed by atoms with Gasteiger partial charge in [-0.3, -0.25) is 0 Å². The van der Waals surface area contributed by atoms with E-state index in [1.807, 2.05) is 0 Å². The van der Waals surface area contributed by atoms with Crippen molar-refractivity contribution >= 4 is 12.6 Å². The predicted octanol–water partition coefficient (Wildman–Crippen LogP) is 2.18. The fraction of sp³-hybridized carbons (Fsp3) is 1.00. The molecule has 0 atom stereocenters. The lowest BCUT2D eigenvalue weighted by Gasteiger charge is -2.30. The number of hydrogen-bond acceptors (Lipinski definition) is 3. The first-order valence-corrected chi connectivity index (χ1v) is 6.94. The zero-order chi connectivity index (χ0) is 10.9. The zero-order valence-corrected chi connectivity index (χ0v) is 10.6. The van der Waals surface area contributed by atoms with Crippen LogP contribution in [0.3, 0.4) is 0 Å². The Balaban J connectivity index is 1.94. The van der Waals surface area contributed by atoms with Crippen molar-refractivity contribution in [3.63, 3.8) is 0 Å². The van der Waals surface area contributed by atoms with Crippen molar-refractivity contribution in [1.82, 2.24) is 4.90 Å². The summed E-state index contributed by atoms with van der Waals surface area (Å²) in [6.07, 6.45) is 7.64. The molecular weight excluding hydrogens is 206 g/mol. The molecule has 0 aromatic carbocycles. The highest BCUT2D eigenvalue weighted by Crippen LogP contribution is 2.16. The molecule has 2 nitrogen and oxygen atoms in total. The fourth-order valence-electron chi connectivity index (χ4n) is 2.19. The molecule has 0 amide bonds. The SMILES string of the molecule is OCC1CCN(CCCCCCS)CC1. The second-order valence-corrected chi connectivity index (χ2v) is 5.05. The van der Waals surface area contributed by atoms with E-state index < -0.39 is 0 Å². The zero-order valence-electron chi connectivity index (χ0n) is 9.70. The lowest BCUT2D eigenvalue weighted by molar-refractivity contribution is 0.130. The lowest BCUT2D eigenvalue weighted by atomic mass is 9.98. The van der Waals surface area contributed by atoms with E-state index in [0.29, 0.717) is 12.5 Å². The number of piperidine rings is 1. The minimum absolute atomic E-state index is 0.385. The van der Waals surface area contributed by atoms with Crippen molar-refractivity contribution in [2.75, 3.05) is 32.0 Å². The van der Waals surface area contributed by atoms with Gasteiger partial charge in [0.1, 0.15) is 0 Å². The molecule has 0 aliphatic carbocycles. The normalized spacial score (nSPS) is 19.6. The molecule has 1 heterocycles. The molecule has 0 bridgehead atoms. The summed E-state index contributed by atoms with van der Waals surface area (Å²) in [6.45, 7) is 4.02. The van der Waals surface area contributed by atoms with Gasteiger partial charge in [0.2, 0.25) is 0 Å². The predicted molar refractivity (Wildman–Crippen MR) is 68.6 cm³/mol. The maximum Gasteiger partial charge on any atom is 0.0460 e. The molecule has 0 saturated carbocycles. The molecule has 90 valence electrons. The van der Waals surface area contributed by atoms with Crippen LogP contribution in [0, 0.1) is 5.92 Å². The number of likely N-dealkylation sites (tertiary alicyclic amines) is 1. The second kappa shape index (κ2) is 8.43. The average molecular weight is 231 g/mol. The van der Waals surface area contributed by atoms with Crippen LogP contribution in [-0.2, 0) is 0 Å². The average Bonchev–Trinajstić information content (AvgIpc) is 2.30. The molecule has 1 rings (SSSR count). The molecule has 1 aliphatic rings. The Hall–Kier alpha value is 0.270. The molecule has 1 saturated heterocycles. The van der Waals surface area contributed by atoms with Gasteiger partial charge in [0, 0.05) is 6.61 Å². The van der Waals surface area contributed by atoms with Crippen LogP contribution in [-0.4, -0.2) is 42.0 Å². The Morgan fingerprint density at radius 1 is 1.07 bits per heavy atom. The monoisotopic (exact) mass is 231 g/mol. The Morgan fingerprint density at radius 2 is 1.73 bits per heavy atom. The Kier molecular flexibility index (Phi) is 7.49. The van der Waals surface area contributed by atoms with Crippen LogP contribution >= 0.6 is 12.6 Å². The third kappa shape index (κ3) is 5.79. The number of thiol groups is 1. The van der Waals surface area contributed by atoms with Crippen molar-refractivity contribution in [2.24, 2.45) is 5.92 Å². The third-order valence-corrected chi connectivity index (χ3v) is 3.66. The fourth-order valence-corrected chi connectivity index (χ4v) is 2.42. The van der Waals surface area contributed by atoms with Crippen molar-refractivity contribution in [2.45, 2.75) is 38.5 Å². The molecule has 0 spiro atoms. The van der Waals surface area contributed by atoms with Gasteiger partial charge in [0.25, 0.3) is 0 Å². The van der Waals surface area contributed by atoms with Gasteiger partial charge in [0.05, 0.1) is 0 Å². The molecule has 0 unspecified atom stereocenters. The van der Waals surface area contributed by atoms with Gasteiger partial charge in [0.15, 0.2) is 0 Å². The van der Waals surface area contributed by atoms with E-state index in [4.69, 9.17) is 5.11 Å². The van der Waals surface area contributed by atoms with Crippen LogP contribution in [0.15, 0.2) is 0 Å². The lowest BCUT2D eigenvalue weighted by Crippen LogP contribution is -2.35. The van der Waals surface area contributed by atoms with E-state index in [0.717, 1.165) is 5.75 Å². The van der Waals surface area contributed by atoms with Crippen LogP contribution in [0.2, 0.25) is 0 Å². The second-order valence-electron chi connectivity index (χ2n) is 4.61. The van der Waals surface area contributed by atoms with Gasteiger partial charge < -0.3 is 10.0 Å².